The number of carboxylic acids is 1. The molecule has 1 aromatic rings. The number of aliphatic hydroxyl groups excluding tert-OH is 1. The van der Waals surface area contributed by atoms with Crippen molar-refractivity contribution >= 4 is 5.97 Å². The third-order valence-electron chi connectivity index (χ3n) is 2.42. The maximum atomic E-state index is 10.7. The highest BCUT2D eigenvalue weighted by atomic mass is 16.4. The quantitative estimate of drug-likeness (QED) is 0.574. The second-order valence-electron chi connectivity index (χ2n) is 3.29. The Morgan fingerprint density at radius 2 is 2.46 bits per heavy atom. The molecule has 2 atom stereocenters. The topological polar surface area (TPSA) is 86.2 Å². The van der Waals surface area contributed by atoms with Crippen LogP contribution in [0.3, 0.4) is 0 Å². The van der Waals surface area contributed by atoms with Gasteiger partial charge in [0.05, 0.1) is 18.2 Å². The summed E-state index contributed by atoms with van der Waals surface area (Å²) in [6.45, 7) is 0. The van der Waals surface area contributed by atoms with Crippen molar-refractivity contribution in [2.45, 2.75) is 18.9 Å². The Hall–Kier alpha value is -1.36. The van der Waals surface area contributed by atoms with Crippen LogP contribution in [0.25, 0.3) is 0 Å². The molecule has 1 aromatic heterocycles. The molecule has 0 radical (unpaired) electrons. The summed E-state index contributed by atoms with van der Waals surface area (Å²) in [4.78, 5) is 10.7. The Morgan fingerprint density at radius 3 is 3.15 bits per heavy atom. The van der Waals surface area contributed by atoms with Gasteiger partial charge in [0.1, 0.15) is 0 Å². The molecule has 3 N–H and O–H groups in total. The van der Waals surface area contributed by atoms with Crippen LogP contribution in [-0.2, 0) is 11.2 Å². The summed E-state index contributed by atoms with van der Waals surface area (Å²) >= 11 is 0. The first-order valence-corrected chi connectivity index (χ1v) is 4.11. The van der Waals surface area contributed by atoms with Gasteiger partial charge in [-0.3, -0.25) is 9.89 Å². The fourth-order valence-corrected chi connectivity index (χ4v) is 1.69. The van der Waals surface area contributed by atoms with E-state index in [1.165, 1.54) is 0 Å². The monoisotopic (exact) mass is 182 g/mol. The summed E-state index contributed by atoms with van der Waals surface area (Å²) in [5, 5.41) is 24.8. The summed E-state index contributed by atoms with van der Waals surface area (Å²) in [5.41, 5.74) is 1.48. The maximum Gasteiger partial charge on any atom is 0.306 e. The largest absolute Gasteiger partial charge is 0.481 e. The predicted molar refractivity (Wildman–Crippen MR) is 43.0 cm³/mol. The molecule has 13 heavy (non-hydrogen) atoms. The maximum absolute atomic E-state index is 10.7. The smallest absolute Gasteiger partial charge is 0.306 e. The fraction of sp³-hybridized carbons (Fsp3) is 0.500. The Morgan fingerprint density at radius 1 is 1.69 bits per heavy atom. The van der Waals surface area contributed by atoms with E-state index in [0.717, 1.165) is 11.3 Å². The number of nitrogens with one attached hydrogen (secondary N) is 1. The third kappa shape index (κ3) is 1.31. The first-order chi connectivity index (χ1) is 6.18. The van der Waals surface area contributed by atoms with Crippen molar-refractivity contribution in [3.63, 3.8) is 0 Å². The number of carbonyl (C=O) groups is 1. The van der Waals surface area contributed by atoms with Gasteiger partial charge in [-0.15, -0.1) is 0 Å². The van der Waals surface area contributed by atoms with Crippen molar-refractivity contribution in [3.05, 3.63) is 17.5 Å². The lowest BCUT2D eigenvalue weighted by Crippen LogP contribution is -2.24. The Balaban J connectivity index is 2.28. The normalized spacial score (nSPS) is 26.8. The van der Waals surface area contributed by atoms with Crippen LogP contribution in [0.5, 0.6) is 0 Å². The number of carboxylic acid groups (broad SMARTS) is 1. The predicted octanol–water partition coefficient (Wildman–Crippen LogP) is 0.0901. The minimum atomic E-state index is -0.862. The molecule has 0 saturated carbocycles. The molecule has 70 valence electrons. The molecule has 1 heterocycles. The lowest BCUT2D eigenvalue weighted by molar-refractivity contribution is -0.143. The van der Waals surface area contributed by atoms with Crippen LogP contribution < -0.4 is 0 Å². The van der Waals surface area contributed by atoms with Crippen LogP contribution in [0, 0.1) is 5.92 Å². The molecule has 0 aliphatic heterocycles. The molecule has 0 amide bonds. The Bertz CT molecular complexity index is 334. The number of aliphatic hydroxyl groups is 1. The second kappa shape index (κ2) is 2.85. The fourth-order valence-electron chi connectivity index (χ4n) is 1.69. The van der Waals surface area contributed by atoms with Crippen molar-refractivity contribution in [1.29, 1.82) is 0 Å². The van der Waals surface area contributed by atoms with Gasteiger partial charge in [0.25, 0.3) is 0 Å². The second-order valence-corrected chi connectivity index (χ2v) is 3.29. The number of hydrogen-bond acceptors (Lipinski definition) is 3. The summed E-state index contributed by atoms with van der Waals surface area (Å²) in [7, 11) is 0. The van der Waals surface area contributed by atoms with Gasteiger partial charge in [-0.1, -0.05) is 0 Å². The van der Waals surface area contributed by atoms with Gasteiger partial charge in [-0.25, -0.2) is 0 Å². The van der Waals surface area contributed by atoms with Crippen molar-refractivity contribution in [1.82, 2.24) is 10.2 Å². The number of aliphatic carboxylic acids is 1. The molecule has 0 bridgehead atoms. The molecule has 2 unspecified atom stereocenters. The molecule has 5 nitrogen and oxygen atoms in total. The minimum Gasteiger partial charge on any atom is -0.481 e. The van der Waals surface area contributed by atoms with Gasteiger partial charge >= 0.3 is 5.97 Å². The zero-order valence-corrected chi connectivity index (χ0v) is 6.90. The van der Waals surface area contributed by atoms with Gasteiger partial charge in [-0.2, -0.15) is 5.10 Å². The van der Waals surface area contributed by atoms with Gasteiger partial charge < -0.3 is 10.2 Å². The van der Waals surface area contributed by atoms with E-state index >= 15 is 0 Å². The lowest BCUT2D eigenvalue weighted by Gasteiger charge is -2.22. The highest BCUT2D eigenvalue weighted by Crippen LogP contribution is 2.31. The van der Waals surface area contributed by atoms with Crippen molar-refractivity contribution < 1.29 is 15.0 Å². The minimum absolute atomic E-state index is 0.280. The van der Waals surface area contributed by atoms with Crippen molar-refractivity contribution in [2.24, 2.45) is 5.92 Å². The molecule has 5 heteroatoms. The SMILES string of the molecule is O=C(O)C1Cc2[nH]ncc2C(O)C1. The molecule has 0 saturated heterocycles. The average molecular weight is 182 g/mol. The summed E-state index contributed by atoms with van der Waals surface area (Å²) < 4.78 is 0. The summed E-state index contributed by atoms with van der Waals surface area (Å²) in [6, 6.07) is 0. The van der Waals surface area contributed by atoms with Crippen LogP contribution in [0.1, 0.15) is 23.8 Å². The van der Waals surface area contributed by atoms with Gasteiger partial charge in [0.2, 0.25) is 0 Å². The molecule has 1 aliphatic rings. The van der Waals surface area contributed by atoms with Crippen LogP contribution >= 0.6 is 0 Å². The zero-order valence-electron chi connectivity index (χ0n) is 6.90. The average Bonchev–Trinajstić information content (AvgIpc) is 2.51. The number of aromatic amines is 1. The van der Waals surface area contributed by atoms with Gasteiger partial charge in [0.15, 0.2) is 0 Å². The number of rotatable bonds is 1. The van der Waals surface area contributed by atoms with E-state index in [9.17, 15) is 9.90 Å². The zero-order chi connectivity index (χ0) is 9.42. The summed E-state index contributed by atoms with van der Waals surface area (Å²) in [6.07, 6.45) is 1.57. The van der Waals surface area contributed by atoms with E-state index in [0.29, 0.717) is 6.42 Å². The van der Waals surface area contributed by atoms with Crippen molar-refractivity contribution in [2.75, 3.05) is 0 Å². The van der Waals surface area contributed by atoms with Crippen molar-refractivity contribution in [3.8, 4) is 0 Å². The third-order valence-corrected chi connectivity index (χ3v) is 2.42. The Labute approximate surface area is 74.4 Å². The number of H-pyrrole nitrogens is 1. The van der Waals surface area contributed by atoms with Gasteiger partial charge in [0, 0.05) is 17.7 Å². The van der Waals surface area contributed by atoms with E-state index in [-0.39, 0.29) is 6.42 Å². The summed E-state index contributed by atoms with van der Waals surface area (Å²) in [5.74, 6) is -1.36. The van der Waals surface area contributed by atoms with Crippen LogP contribution in [0.15, 0.2) is 6.20 Å². The van der Waals surface area contributed by atoms with Crippen LogP contribution in [0.2, 0.25) is 0 Å². The Kier molecular flexibility index (Phi) is 1.81. The van der Waals surface area contributed by atoms with Gasteiger partial charge in [-0.05, 0) is 6.42 Å². The first kappa shape index (κ1) is 8.25. The molecular formula is C8H10N2O3. The highest BCUT2D eigenvalue weighted by Gasteiger charge is 2.31. The van der Waals surface area contributed by atoms with Crippen LogP contribution in [0.4, 0.5) is 0 Å². The molecule has 2 rings (SSSR count). The number of hydrogen-bond donors (Lipinski definition) is 3. The van der Waals surface area contributed by atoms with E-state index in [1.54, 1.807) is 6.20 Å². The van der Waals surface area contributed by atoms with E-state index in [1.807, 2.05) is 0 Å². The number of aromatic nitrogens is 2. The molecule has 0 aromatic carbocycles. The molecule has 0 spiro atoms. The highest BCUT2D eigenvalue weighted by molar-refractivity contribution is 5.70. The van der Waals surface area contributed by atoms with Crippen LogP contribution in [-0.4, -0.2) is 26.4 Å². The van der Waals surface area contributed by atoms with E-state index < -0.39 is 18.0 Å². The molecular weight excluding hydrogens is 172 g/mol. The van der Waals surface area contributed by atoms with E-state index in [4.69, 9.17) is 5.11 Å². The number of nitrogens with zero attached hydrogens (tertiary/aromatic N) is 1. The lowest BCUT2D eigenvalue weighted by atomic mass is 9.86. The molecule has 1 aliphatic carbocycles. The molecule has 0 fully saturated rings. The number of fused-ring (bicyclic) bond motifs is 1. The van der Waals surface area contributed by atoms with E-state index in [2.05, 4.69) is 10.2 Å². The standard InChI is InChI=1S/C8H10N2O3/c11-7-2-4(8(12)13)1-6-5(7)3-9-10-6/h3-4,7,11H,1-2H2,(H,9,10)(H,12,13). The first-order valence-electron chi connectivity index (χ1n) is 4.11.